The first-order valence-corrected chi connectivity index (χ1v) is 5.54. The van der Waals surface area contributed by atoms with Gasteiger partial charge in [0.05, 0.1) is 5.69 Å². The van der Waals surface area contributed by atoms with Gasteiger partial charge in [0.1, 0.15) is 0 Å². The van der Waals surface area contributed by atoms with Crippen LogP contribution in [0.4, 0.5) is 5.69 Å². The van der Waals surface area contributed by atoms with E-state index in [1.54, 1.807) is 0 Å². The molecule has 1 aliphatic rings. The minimum absolute atomic E-state index is 0.748. The summed E-state index contributed by atoms with van der Waals surface area (Å²) in [6, 6.07) is 9.32. The standard InChI is InChI=1S/C11H11NS/c1-2-4-11-9(3-1)10(7-13-11)12-8-5-6-8/h1-4,7-8,12H,5-6H2. The Kier molecular flexibility index (Phi) is 1.56. The van der Waals surface area contributed by atoms with Crippen molar-refractivity contribution in [1.29, 1.82) is 0 Å². The first-order chi connectivity index (χ1) is 6.43. The highest BCUT2D eigenvalue weighted by Gasteiger charge is 2.21. The van der Waals surface area contributed by atoms with Gasteiger partial charge in [0.2, 0.25) is 0 Å². The quantitative estimate of drug-likeness (QED) is 0.762. The van der Waals surface area contributed by atoms with Gasteiger partial charge in [-0.15, -0.1) is 11.3 Å². The number of nitrogens with one attached hydrogen (secondary N) is 1. The van der Waals surface area contributed by atoms with Gasteiger partial charge in [-0.25, -0.2) is 0 Å². The molecule has 3 rings (SSSR count). The zero-order valence-electron chi connectivity index (χ0n) is 7.29. The highest BCUT2D eigenvalue weighted by molar-refractivity contribution is 7.17. The lowest BCUT2D eigenvalue weighted by molar-refractivity contribution is 1.17. The Hall–Kier alpha value is -1.02. The average Bonchev–Trinajstić information content (AvgIpc) is 2.88. The second-order valence-corrected chi connectivity index (χ2v) is 4.48. The molecule has 1 aromatic carbocycles. The molecule has 1 aromatic heterocycles. The summed E-state index contributed by atoms with van der Waals surface area (Å²) in [5, 5.41) is 7.15. The predicted octanol–water partition coefficient (Wildman–Crippen LogP) is 3.48. The minimum atomic E-state index is 0.748. The fourth-order valence-corrected chi connectivity index (χ4v) is 2.44. The van der Waals surface area contributed by atoms with Gasteiger partial charge in [-0.1, -0.05) is 18.2 Å². The molecule has 0 saturated heterocycles. The lowest BCUT2D eigenvalue weighted by atomic mass is 10.2. The van der Waals surface area contributed by atoms with E-state index in [2.05, 4.69) is 35.0 Å². The third-order valence-electron chi connectivity index (χ3n) is 2.42. The molecule has 1 saturated carbocycles. The Bertz CT molecular complexity index is 428. The van der Waals surface area contributed by atoms with Crippen LogP contribution in [0, 0.1) is 0 Å². The molecule has 0 amide bonds. The summed E-state index contributed by atoms with van der Waals surface area (Å²) in [6.07, 6.45) is 2.67. The SMILES string of the molecule is c1ccc2c(NC3CC3)csc2c1. The largest absolute Gasteiger partial charge is 0.381 e. The summed E-state index contributed by atoms with van der Waals surface area (Å²) in [6.45, 7) is 0. The van der Waals surface area contributed by atoms with Crippen LogP contribution in [0.3, 0.4) is 0 Å². The highest BCUT2D eigenvalue weighted by Crippen LogP contribution is 2.33. The second-order valence-electron chi connectivity index (χ2n) is 3.56. The van der Waals surface area contributed by atoms with Crippen LogP contribution >= 0.6 is 11.3 Å². The van der Waals surface area contributed by atoms with Gasteiger partial charge in [0.15, 0.2) is 0 Å². The summed E-state index contributed by atoms with van der Waals surface area (Å²) in [4.78, 5) is 0. The molecule has 0 aliphatic heterocycles. The van der Waals surface area contributed by atoms with E-state index in [4.69, 9.17) is 0 Å². The van der Waals surface area contributed by atoms with Crippen LogP contribution in [0.1, 0.15) is 12.8 Å². The number of hydrogen-bond donors (Lipinski definition) is 1. The van der Waals surface area contributed by atoms with E-state index in [0.717, 1.165) is 6.04 Å². The van der Waals surface area contributed by atoms with Crippen LogP contribution < -0.4 is 5.32 Å². The predicted molar refractivity (Wildman–Crippen MR) is 58.5 cm³/mol. The number of fused-ring (bicyclic) bond motifs is 1. The Labute approximate surface area is 81.4 Å². The number of hydrogen-bond acceptors (Lipinski definition) is 2. The number of benzene rings is 1. The van der Waals surface area contributed by atoms with E-state index in [-0.39, 0.29) is 0 Å². The Morgan fingerprint density at radius 3 is 2.92 bits per heavy atom. The van der Waals surface area contributed by atoms with Gasteiger partial charge in [-0.05, 0) is 18.9 Å². The van der Waals surface area contributed by atoms with Gasteiger partial charge in [0, 0.05) is 21.5 Å². The maximum Gasteiger partial charge on any atom is 0.0531 e. The number of anilines is 1. The fraction of sp³-hybridized carbons (Fsp3) is 0.273. The number of thiophene rings is 1. The van der Waals surface area contributed by atoms with Crippen molar-refractivity contribution in [2.24, 2.45) is 0 Å². The smallest absolute Gasteiger partial charge is 0.0531 e. The third kappa shape index (κ3) is 1.31. The molecule has 1 fully saturated rings. The van der Waals surface area contributed by atoms with Crippen molar-refractivity contribution < 1.29 is 0 Å². The molecule has 0 radical (unpaired) electrons. The van der Waals surface area contributed by atoms with E-state index >= 15 is 0 Å². The van der Waals surface area contributed by atoms with E-state index in [1.807, 2.05) is 11.3 Å². The molecule has 2 heteroatoms. The van der Waals surface area contributed by atoms with Crippen LogP contribution in [-0.4, -0.2) is 6.04 Å². The normalized spacial score (nSPS) is 16.3. The molecule has 13 heavy (non-hydrogen) atoms. The van der Waals surface area contributed by atoms with Crippen molar-refractivity contribution in [3.05, 3.63) is 29.6 Å². The van der Waals surface area contributed by atoms with Gasteiger partial charge in [-0.3, -0.25) is 0 Å². The molecule has 0 spiro atoms. The molecular weight excluding hydrogens is 178 g/mol. The first kappa shape index (κ1) is 7.39. The molecule has 0 atom stereocenters. The maximum absolute atomic E-state index is 3.55. The van der Waals surface area contributed by atoms with Crippen molar-refractivity contribution in [2.75, 3.05) is 5.32 Å². The zero-order valence-corrected chi connectivity index (χ0v) is 8.10. The van der Waals surface area contributed by atoms with E-state index in [1.165, 1.54) is 28.6 Å². The lowest BCUT2D eigenvalue weighted by Gasteiger charge is -2.00. The molecule has 1 N–H and O–H groups in total. The Morgan fingerprint density at radius 2 is 2.08 bits per heavy atom. The van der Waals surface area contributed by atoms with Crippen LogP contribution in [0.15, 0.2) is 29.6 Å². The molecule has 0 unspecified atom stereocenters. The van der Waals surface area contributed by atoms with E-state index < -0.39 is 0 Å². The van der Waals surface area contributed by atoms with Crippen molar-refractivity contribution in [3.8, 4) is 0 Å². The molecule has 1 heterocycles. The van der Waals surface area contributed by atoms with Crippen LogP contribution in [-0.2, 0) is 0 Å². The van der Waals surface area contributed by atoms with Gasteiger partial charge >= 0.3 is 0 Å². The lowest BCUT2D eigenvalue weighted by Crippen LogP contribution is -1.98. The highest BCUT2D eigenvalue weighted by atomic mass is 32.1. The van der Waals surface area contributed by atoms with Crippen molar-refractivity contribution in [1.82, 2.24) is 0 Å². The third-order valence-corrected chi connectivity index (χ3v) is 3.38. The monoisotopic (exact) mass is 189 g/mol. The Morgan fingerprint density at radius 1 is 1.23 bits per heavy atom. The molecule has 2 aromatic rings. The molecule has 1 nitrogen and oxygen atoms in total. The first-order valence-electron chi connectivity index (χ1n) is 4.66. The number of rotatable bonds is 2. The summed E-state index contributed by atoms with van der Waals surface area (Å²) in [5.41, 5.74) is 1.32. The maximum atomic E-state index is 3.55. The molecular formula is C11H11NS. The molecule has 1 aliphatic carbocycles. The topological polar surface area (TPSA) is 12.0 Å². The summed E-state index contributed by atoms with van der Waals surface area (Å²) in [5.74, 6) is 0. The summed E-state index contributed by atoms with van der Waals surface area (Å²) in [7, 11) is 0. The van der Waals surface area contributed by atoms with Gasteiger partial charge in [-0.2, -0.15) is 0 Å². The van der Waals surface area contributed by atoms with E-state index in [9.17, 15) is 0 Å². The van der Waals surface area contributed by atoms with Gasteiger partial charge in [0.25, 0.3) is 0 Å². The van der Waals surface area contributed by atoms with Crippen molar-refractivity contribution >= 4 is 27.1 Å². The van der Waals surface area contributed by atoms with Crippen LogP contribution in [0.2, 0.25) is 0 Å². The van der Waals surface area contributed by atoms with Crippen LogP contribution in [0.25, 0.3) is 10.1 Å². The zero-order chi connectivity index (χ0) is 8.67. The second kappa shape index (κ2) is 2.74. The average molecular weight is 189 g/mol. The fourth-order valence-electron chi connectivity index (χ4n) is 1.54. The van der Waals surface area contributed by atoms with E-state index in [0.29, 0.717) is 0 Å². The summed E-state index contributed by atoms with van der Waals surface area (Å²) < 4.78 is 1.38. The van der Waals surface area contributed by atoms with Crippen LogP contribution in [0.5, 0.6) is 0 Å². The molecule has 0 bridgehead atoms. The summed E-state index contributed by atoms with van der Waals surface area (Å²) >= 11 is 1.82. The minimum Gasteiger partial charge on any atom is -0.381 e. The Balaban J connectivity index is 2.06. The molecule has 66 valence electrons. The van der Waals surface area contributed by atoms with Crippen molar-refractivity contribution in [3.63, 3.8) is 0 Å². The van der Waals surface area contributed by atoms with Crippen molar-refractivity contribution in [2.45, 2.75) is 18.9 Å². The van der Waals surface area contributed by atoms with Gasteiger partial charge < -0.3 is 5.32 Å².